The fourth-order valence-electron chi connectivity index (χ4n) is 7.02. The number of aromatic nitrogens is 1. The molecule has 308 valence electrons. The van der Waals surface area contributed by atoms with E-state index in [4.69, 9.17) is 5.73 Å². The topological polar surface area (TPSA) is 225 Å². The molecule has 58 heavy (non-hydrogen) atoms. The number of aryl methyl sites for hydroxylation is 1. The maximum atomic E-state index is 14.3. The highest BCUT2D eigenvalue weighted by molar-refractivity contribution is 7.92. The van der Waals surface area contributed by atoms with Gasteiger partial charge in [0, 0.05) is 48.6 Å². The largest absolute Gasteiger partial charge is 0.361 e. The number of aromatic amines is 1. The molecule has 4 aromatic rings. The Labute approximate surface area is 338 Å². The molecule has 5 rings (SSSR count). The Morgan fingerprint density at radius 3 is 2.31 bits per heavy atom. The smallest absolute Gasteiger partial charge is 0.312 e. The lowest BCUT2D eigenvalue weighted by atomic mass is 9.97. The Balaban J connectivity index is 1.39. The number of H-pyrrole nitrogens is 1. The van der Waals surface area contributed by atoms with Crippen LogP contribution in [0.15, 0.2) is 97.0 Å². The number of hydrogen-bond acceptors (Lipinski definition) is 7. The van der Waals surface area contributed by atoms with Gasteiger partial charge in [0.05, 0.1) is 0 Å². The predicted octanol–water partition coefficient (Wildman–Crippen LogP) is 2.81. The maximum absolute atomic E-state index is 14.3. The molecule has 2 heterocycles. The van der Waals surface area contributed by atoms with Crippen molar-refractivity contribution < 1.29 is 32.4 Å². The molecule has 0 radical (unpaired) electrons. The van der Waals surface area contributed by atoms with Crippen LogP contribution >= 0.6 is 0 Å². The first-order chi connectivity index (χ1) is 27.8. The first-order valence-electron chi connectivity index (χ1n) is 19.3. The highest BCUT2D eigenvalue weighted by Gasteiger charge is 2.38. The normalized spacial score (nSPS) is 15.7. The summed E-state index contributed by atoms with van der Waals surface area (Å²) < 4.78 is 27.8. The molecule has 1 saturated heterocycles. The van der Waals surface area contributed by atoms with Crippen LogP contribution in [0.3, 0.4) is 0 Å². The number of piperidine rings is 1. The van der Waals surface area contributed by atoms with Crippen LogP contribution in [0, 0.1) is 6.92 Å². The molecule has 0 unspecified atom stereocenters. The molecule has 6 amide bonds. The van der Waals surface area contributed by atoms with Gasteiger partial charge in [-0.3, -0.25) is 19.2 Å². The third-order valence-electron chi connectivity index (χ3n) is 10.1. The van der Waals surface area contributed by atoms with E-state index in [-0.39, 0.29) is 45.3 Å². The second-order valence-electron chi connectivity index (χ2n) is 14.4. The van der Waals surface area contributed by atoms with Crippen LogP contribution in [0.25, 0.3) is 10.9 Å². The number of para-hydroxylation sites is 1. The van der Waals surface area contributed by atoms with Gasteiger partial charge in [0.15, 0.2) is 0 Å². The van der Waals surface area contributed by atoms with Crippen LogP contribution in [0.4, 0.5) is 4.79 Å². The number of primary amides is 1. The van der Waals surface area contributed by atoms with Gasteiger partial charge in [-0.15, -0.1) is 0 Å². The third-order valence-corrected chi connectivity index (χ3v) is 11.2. The Bertz CT molecular complexity index is 2180. The zero-order valence-corrected chi connectivity index (χ0v) is 33.4. The number of carbonyl (C=O) groups is 5. The molecule has 15 nitrogen and oxygen atoms in total. The molecule has 8 N–H and O–H groups in total. The van der Waals surface area contributed by atoms with E-state index in [2.05, 4.69) is 37.6 Å². The number of likely N-dealkylation sites (tertiary alicyclic amines) is 1. The van der Waals surface area contributed by atoms with Crippen molar-refractivity contribution in [3.05, 3.63) is 119 Å². The van der Waals surface area contributed by atoms with Crippen molar-refractivity contribution in [1.82, 2.24) is 35.9 Å². The number of hydrogen-bond donors (Lipinski definition) is 7. The van der Waals surface area contributed by atoms with Crippen molar-refractivity contribution >= 4 is 50.6 Å². The number of amides is 6. The minimum Gasteiger partial charge on any atom is -0.361 e. The van der Waals surface area contributed by atoms with E-state index in [0.717, 1.165) is 33.0 Å². The SMILES string of the molecule is C=CS(=O)(=O)N[C@@H](Cc1ccccc1)C(=O)N1CCCC[C@H]1C(=O)N[C@@H](Cc1c[nH]c2ccccc12)C(=O)N[C@@H](CCCNC(N)=O)C(=O)NCc1ccc(C)cc1. The quantitative estimate of drug-likeness (QED) is 0.0701. The van der Waals surface area contributed by atoms with Gasteiger partial charge in [-0.25, -0.2) is 13.2 Å². The van der Waals surface area contributed by atoms with E-state index < -0.39 is 63.9 Å². The number of nitrogens with zero attached hydrogens (tertiary/aromatic N) is 1. The van der Waals surface area contributed by atoms with Crippen LogP contribution < -0.4 is 31.7 Å². The monoisotopic (exact) mass is 812 g/mol. The minimum atomic E-state index is -4.04. The first-order valence-corrected chi connectivity index (χ1v) is 20.9. The molecule has 0 spiro atoms. The number of rotatable bonds is 19. The Kier molecular flexibility index (Phi) is 15.2. The molecule has 1 aliphatic heterocycles. The highest BCUT2D eigenvalue weighted by atomic mass is 32.2. The van der Waals surface area contributed by atoms with Crippen LogP contribution in [0.5, 0.6) is 0 Å². The lowest BCUT2D eigenvalue weighted by Gasteiger charge is -2.37. The fraction of sp³-hybridized carbons (Fsp3) is 0.357. The van der Waals surface area contributed by atoms with E-state index >= 15 is 0 Å². The first kappa shape index (κ1) is 43.1. The second-order valence-corrected chi connectivity index (χ2v) is 16.1. The molecular weight excluding hydrogens is 761 g/mol. The van der Waals surface area contributed by atoms with Crippen molar-refractivity contribution in [1.29, 1.82) is 0 Å². The van der Waals surface area contributed by atoms with Crippen LogP contribution in [0.2, 0.25) is 0 Å². The van der Waals surface area contributed by atoms with Crippen molar-refractivity contribution in [2.75, 3.05) is 13.1 Å². The number of benzene rings is 3. The summed E-state index contributed by atoms with van der Waals surface area (Å²) >= 11 is 0. The summed E-state index contributed by atoms with van der Waals surface area (Å²) in [5.74, 6) is -2.27. The van der Waals surface area contributed by atoms with Gasteiger partial charge in [-0.1, -0.05) is 84.9 Å². The van der Waals surface area contributed by atoms with E-state index in [0.29, 0.717) is 24.8 Å². The molecular formula is C42H52N8O7S. The number of carbonyl (C=O) groups excluding carboxylic acids is 5. The average molecular weight is 813 g/mol. The van der Waals surface area contributed by atoms with Crippen molar-refractivity contribution in [2.45, 2.75) is 82.6 Å². The highest BCUT2D eigenvalue weighted by Crippen LogP contribution is 2.22. The van der Waals surface area contributed by atoms with E-state index in [1.54, 1.807) is 30.5 Å². The van der Waals surface area contributed by atoms with E-state index in [1.165, 1.54) is 4.90 Å². The van der Waals surface area contributed by atoms with Gasteiger partial charge in [-0.2, -0.15) is 4.72 Å². The summed E-state index contributed by atoms with van der Waals surface area (Å²) in [5.41, 5.74) is 9.44. The Morgan fingerprint density at radius 2 is 1.59 bits per heavy atom. The second kappa shape index (κ2) is 20.4. The van der Waals surface area contributed by atoms with Gasteiger partial charge >= 0.3 is 6.03 Å². The molecule has 16 heteroatoms. The molecule has 3 aromatic carbocycles. The Hall–Kier alpha value is -6.00. The summed E-state index contributed by atoms with van der Waals surface area (Å²) in [6, 6.07) is 18.9. The number of nitrogens with two attached hydrogens (primary N) is 1. The molecule has 1 aromatic heterocycles. The molecule has 0 aliphatic carbocycles. The zero-order valence-electron chi connectivity index (χ0n) is 32.5. The summed E-state index contributed by atoms with van der Waals surface area (Å²) in [5, 5.41) is 12.7. The summed E-state index contributed by atoms with van der Waals surface area (Å²) in [4.78, 5) is 72.4. The van der Waals surface area contributed by atoms with E-state index in [9.17, 15) is 32.4 Å². The number of nitrogens with one attached hydrogen (secondary N) is 6. The van der Waals surface area contributed by atoms with Crippen molar-refractivity contribution in [2.24, 2.45) is 5.73 Å². The minimum absolute atomic E-state index is 0.0332. The van der Waals surface area contributed by atoms with Crippen LogP contribution in [-0.2, 0) is 48.6 Å². The van der Waals surface area contributed by atoms with Gasteiger partial charge < -0.3 is 36.9 Å². The zero-order chi connectivity index (χ0) is 41.7. The maximum Gasteiger partial charge on any atom is 0.312 e. The van der Waals surface area contributed by atoms with Crippen LogP contribution in [-0.4, -0.2) is 85.2 Å². The lowest BCUT2D eigenvalue weighted by molar-refractivity contribution is -0.144. The van der Waals surface area contributed by atoms with Crippen molar-refractivity contribution in [3.63, 3.8) is 0 Å². The molecule has 0 bridgehead atoms. The van der Waals surface area contributed by atoms with Crippen molar-refractivity contribution in [3.8, 4) is 0 Å². The standard InChI is InChI=1S/C42H52N8O7S/c1-3-58(56,57)49-36(24-29-12-5-4-6-13-29)41(54)50-23-10-9-17-37(50)40(53)48-35(25-31-27-45-33-15-8-7-14-32(31)33)39(52)47-34(16-11-22-44-42(43)55)38(51)46-26-30-20-18-28(2)19-21-30/h3-8,12-15,18-21,27,34-37,45,49H,1,9-11,16-17,22-26H2,2H3,(H,46,51)(H,47,52)(H,48,53)(H3,43,44,55)/t34-,35-,36-,37-/m0/s1. The van der Waals surface area contributed by atoms with Gasteiger partial charge in [0.1, 0.15) is 24.2 Å². The predicted molar refractivity (Wildman–Crippen MR) is 221 cm³/mol. The van der Waals surface area contributed by atoms with Gasteiger partial charge in [0.2, 0.25) is 33.7 Å². The van der Waals surface area contributed by atoms with Gasteiger partial charge in [0.25, 0.3) is 0 Å². The molecule has 4 atom stereocenters. The van der Waals surface area contributed by atoms with Crippen LogP contribution in [0.1, 0.15) is 54.4 Å². The number of urea groups is 1. The molecule has 0 saturated carbocycles. The average Bonchev–Trinajstić information content (AvgIpc) is 3.63. The fourth-order valence-corrected chi connectivity index (χ4v) is 7.70. The van der Waals surface area contributed by atoms with E-state index in [1.807, 2.05) is 61.5 Å². The summed E-state index contributed by atoms with van der Waals surface area (Å²) in [6.07, 6.45) is 3.77. The molecule has 1 aliphatic rings. The Morgan fingerprint density at radius 1 is 0.862 bits per heavy atom. The summed E-state index contributed by atoms with van der Waals surface area (Å²) in [6.45, 7) is 5.90. The summed E-state index contributed by atoms with van der Waals surface area (Å²) in [7, 11) is -4.04. The number of fused-ring (bicyclic) bond motifs is 1. The molecule has 1 fully saturated rings. The lowest BCUT2D eigenvalue weighted by Crippen LogP contribution is -2.60. The number of sulfonamides is 1. The third kappa shape index (κ3) is 12.2. The van der Waals surface area contributed by atoms with Gasteiger partial charge in [-0.05, 0) is 68.2 Å².